The molecule has 0 aliphatic heterocycles. The molecule has 0 atom stereocenters. The van der Waals surface area contributed by atoms with Crippen molar-refractivity contribution in [3.05, 3.63) is 52.0 Å². The number of aryl methyl sites for hydroxylation is 2. The van der Waals surface area contributed by atoms with Crippen LogP contribution in [0, 0.1) is 13.8 Å². The zero-order valence-corrected chi connectivity index (χ0v) is 15.1. The fourth-order valence-corrected chi connectivity index (χ4v) is 2.96. The van der Waals surface area contributed by atoms with Gasteiger partial charge in [0, 0.05) is 16.8 Å². The summed E-state index contributed by atoms with van der Waals surface area (Å²) < 4.78 is 0. The zero-order chi connectivity index (χ0) is 17.8. The molecule has 9 heteroatoms. The first kappa shape index (κ1) is 17.2. The first-order chi connectivity index (χ1) is 12.0. The van der Waals surface area contributed by atoms with Gasteiger partial charge in [0.25, 0.3) is 0 Å². The van der Waals surface area contributed by atoms with Crippen molar-refractivity contribution in [1.82, 2.24) is 19.9 Å². The van der Waals surface area contributed by atoms with Gasteiger partial charge in [0.05, 0.1) is 24.0 Å². The van der Waals surface area contributed by atoms with E-state index in [1.54, 1.807) is 12.1 Å². The van der Waals surface area contributed by atoms with E-state index in [0.717, 1.165) is 11.4 Å². The molecule has 3 rings (SSSR count). The van der Waals surface area contributed by atoms with E-state index in [-0.39, 0.29) is 12.3 Å². The van der Waals surface area contributed by atoms with E-state index >= 15 is 0 Å². The third-order valence-electron chi connectivity index (χ3n) is 3.11. The molecule has 0 aliphatic carbocycles. The van der Waals surface area contributed by atoms with Gasteiger partial charge in [0.2, 0.25) is 11.9 Å². The summed E-state index contributed by atoms with van der Waals surface area (Å²) in [4.78, 5) is 29.0. The number of aromatic nitrogens is 4. The third kappa shape index (κ3) is 4.94. The van der Waals surface area contributed by atoms with Gasteiger partial charge in [0.15, 0.2) is 5.13 Å². The number of carbonyl (C=O) groups is 1. The maximum atomic E-state index is 12.1. The van der Waals surface area contributed by atoms with Gasteiger partial charge in [0.1, 0.15) is 5.15 Å². The van der Waals surface area contributed by atoms with Crippen molar-refractivity contribution in [3.63, 3.8) is 0 Å². The van der Waals surface area contributed by atoms with E-state index in [1.165, 1.54) is 17.5 Å². The Balaban J connectivity index is 1.61. The predicted molar refractivity (Wildman–Crippen MR) is 98.5 cm³/mol. The number of anilines is 3. The fourth-order valence-electron chi connectivity index (χ4n) is 2.14. The van der Waals surface area contributed by atoms with E-state index in [1.807, 2.05) is 25.3 Å². The van der Waals surface area contributed by atoms with Gasteiger partial charge in [-0.2, -0.15) is 0 Å². The van der Waals surface area contributed by atoms with Gasteiger partial charge in [-0.15, -0.1) is 11.3 Å². The summed E-state index contributed by atoms with van der Waals surface area (Å²) in [5.41, 5.74) is 3.01. The quantitative estimate of drug-likeness (QED) is 0.664. The lowest BCUT2D eigenvalue weighted by Gasteiger charge is -2.04. The van der Waals surface area contributed by atoms with E-state index in [9.17, 15) is 4.79 Å². The standard InChI is InChI=1S/C16H15ClN6OS/c1-9-5-10(2)20-15(19-9)23-16-22-12(8-25-16)6-14(24)21-11-3-4-13(17)18-7-11/h3-5,7-8H,6H2,1-2H3,(H,21,24)(H,19,20,22,23). The first-order valence-electron chi connectivity index (χ1n) is 7.43. The minimum atomic E-state index is -0.177. The van der Waals surface area contributed by atoms with Crippen LogP contribution in [0.3, 0.4) is 0 Å². The van der Waals surface area contributed by atoms with Gasteiger partial charge in [-0.1, -0.05) is 11.6 Å². The SMILES string of the molecule is Cc1cc(C)nc(Nc2nc(CC(=O)Nc3ccc(Cl)nc3)cs2)n1. The largest absolute Gasteiger partial charge is 0.324 e. The molecule has 0 saturated carbocycles. The maximum Gasteiger partial charge on any atom is 0.230 e. The molecule has 25 heavy (non-hydrogen) atoms. The maximum absolute atomic E-state index is 12.1. The summed E-state index contributed by atoms with van der Waals surface area (Å²) in [5, 5.41) is 8.66. The molecular formula is C16H15ClN6OS. The topological polar surface area (TPSA) is 92.7 Å². The lowest BCUT2D eigenvalue weighted by molar-refractivity contribution is -0.115. The number of rotatable bonds is 5. The Morgan fingerprint density at radius 3 is 2.64 bits per heavy atom. The summed E-state index contributed by atoms with van der Waals surface area (Å²) >= 11 is 7.11. The number of pyridine rings is 1. The number of nitrogens with zero attached hydrogens (tertiary/aromatic N) is 4. The van der Waals surface area contributed by atoms with Crippen LogP contribution in [0.5, 0.6) is 0 Å². The van der Waals surface area contributed by atoms with Crippen molar-refractivity contribution < 1.29 is 4.79 Å². The highest BCUT2D eigenvalue weighted by Gasteiger charge is 2.10. The Morgan fingerprint density at radius 2 is 1.96 bits per heavy atom. The molecule has 3 aromatic heterocycles. The number of nitrogens with one attached hydrogen (secondary N) is 2. The summed E-state index contributed by atoms with van der Waals surface area (Å²) in [7, 11) is 0. The Labute approximate surface area is 153 Å². The minimum absolute atomic E-state index is 0.161. The second-order valence-corrected chi connectivity index (χ2v) is 6.58. The summed E-state index contributed by atoms with van der Waals surface area (Å²) in [6.07, 6.45) is 1.67. The number of thiazole rings is 1. The van der Waals surface area contributed by atoms with E-state index in [4.69, 9.17) is 11.6 Å². The molecule has 7 nitrogen and oxygen atoms in total. The predicted octanol–water partition coefficient (Wildman–Crippen LogP) is 3.52. The fraction of sp³-hybridized carbons (Fsp3) is 0.188. The molecule has 2 N–H and O–H groups in total. The van der Waals surface area contributed by atoms with E-state index in [0.29, 0.717) is 27.6 Å². The van der Waals surface area contributed by atoms with Crippen molar-refractivity contribution in [2.24, 2.45) is 0 Å². The average Bonchev–Trinajstić information content (AvgIpc) is 2.95. The third-order valence-corrected chi connectivity index (χ3v) is 4.14. The number of hydrogen-bond donors (Lipinski definition) is 2. The van der Waals surface area contributed by atoms with Crippen LogP contribution in [0.4, 0.5) is 16.8 Å². The van der Waals surface area contributed by atoms with Crippen LogP contribution in [0.2, 0.25) is 5.15 Å². The van der Waals surface area contributed by atoms with Crippen LogP contribution in [-0.4, -0.2) is 25.8 Å². The van der Waals surface area contributed by atoms with Crippen molar-refractivity contribution in [3.8, 4) is 0 Å². The zero-order valence-electron chi connectivity index (χ0n) is 13.6. The highest BCUT2D eigenvalue weighted by Crippen LogP contribution is 2.20. The highest BCUT2D eigenvalue weighted by molar-refractivity contribution is 7.13. The normalized spacial score (nSPS) is 10.5. The smallest absolute Gasteiger partial charge is 0.230 e. The first-order valence-corrected chi connectivity index (χ1v) is 8.69. The van der Waals surface area contributed by atoms with Crippen molar-refractivity contribution in [2.75, 3.05) is 10.6 Å². The molecule has 1 amide bonds. The summed E-state index contributed by atoms with van der Waals surface area (Å²) in [6.45, 7) is 3.81. The van der Waals surface area contributed by atoms with Gasteiger partial charge in [-0.3, -0.25) is 4.79 Å². The minimum Gasteiger partial charge on any atom is -0.324 e. The van der Waals surface area contributed by atoms with Gasteiger partial charge in [-0.25, -0.2) is 19.9 Å². The number of halogens is 1. The van der Waals surface area contributed by atoms with E-state index < -0.39 is 0 Å². The lowest BCUT2D eigenvalue weighted by atomic mass is 10.3. The molecule has 0 saturated heterocycles. The number of amides is 1. The van der Waals surface area contributed by atoms with Gasteiger partial charge >= 0.3 is 0 Å². The molecule has 0 radical (unpaired) electrons. The number of hydrogen-bond acceptors (Lipinski definition) is 7. The average molecular weight is 375 g/mol. The van der Waals surface area contributed by atoms with Crippen molar-refractivity contribution in [2.45, 2.75) is 20.3 Å². The van der Waals surface area contributed by atoms with Crippen LogP contribution >= 0.6 is 22.9 Å². The molecule has 3 aromatic rings. The lowest BCUT2D eigenvalue weighted by Crippen LogP contribution is -2.14. The van der Waals surface area contributed by atoms with Crippen LogP contribution in [0.1, 0.15) is 17.1 Å². The van der Waals surface area contributed by atoms with Crippen LogP contribution in [-0.2, 0) is 11.2 Å². The Kier molecular flexibility index (Phi) is 5.20. The van der Waals surface area contributed by atoms with Crippen molar-refractivity contribution >= 4 is 45.6 Å². The van der Waals surface area contributed by atoms with E-state index in [2.05, 4.69) is 30.6 Å². The molecular weight excluding hydrogens is 360 g/mol. The van der Waals surface area contributed by atoms with Crippen LogP contribution in [0.25, 0.3) is 0 Å². The summed E-state index contributed by atoms with van der Waals surface area (Å²) in [5.74, 6) is 0.318. The second kappa shape index (κ2) is 7.54. The molecule has 0 fully saturated rings. The Hall–Kier alpha value is -2.58. The monoisotopic (exact) mass is 374 g/mol. The molecule has 3 heterocycles. The summed E-state index contributed by atoms with van der Waals surface area (Å²) in [6, 6.07) is 5.21. The Morgan fingerprint density at radius 1 is 1.20 bits per heavy atom. The molecule has 0 unspecified atom stereocenters. The molecule has 0 aliphatic rings. The van der Waals surface area contributed by atoms with Crippen molar-refractivity contribution in [1.29, 1.82) is 0 Å². The molecule has 0 aromatic carbocycles. The van der Waals surface area contributed by atoms with Gasteiger partial charge in [-0.05, 0) is 32.0 Å². The Bertz CT molecular complexity index is 876. The second-order valence-electron chi connectivity index (χ2n) is 5.34. The molecule has 128 valence electrons. The molecule has 0 bridgehead atoms. The highest BCUT2D eigenvalue weighted by atomic mass is 35.5. The van der Waals surface area contributed by atoms with Gasteiger partial charge < -0.3 is 10.6 Å². The van der Waals surface area contributed by atoms with Crippen LogP contribution in [0.15, 0.2) is 29.8 Å². The molecule has 0 spiro atoms. The number of carbonyl (C=O) groups excluding carboxylic acids is 1. The van der Waals surface area contributed by atoms with Crippen LogP contribution < -0.4 is 10.6 Å².